The molecule has 0 aromatic heterocycles. The van der Waals surface area contributed by atoms with Crippen molar-refractivity contribution < 1.29 is 14.3 Å². The molecule has 0 aromatic rings. The fraction of sp³-hybridized carbons (Fsp3) is 1.00. The maximum absolute atomic E-state index is 8.31. The Labute approximate surface area is 63.0 Å². The zero-order chi connectivity index (χ0) is 7.82. The molecule has 0 amide bonds. The van der Waals surface area contributed by atoms with Gasteiger partial charge in [0.05, 0.1) is 6.61 Å². The molecule has 0 saturated heterocycles. The summed E-state index contributed by atoms with van der Waals surface area (Å²) >= 11 is 0. The van der Waals surface area contributed by atoms with Crippen LogP contribution in [0.3, 0.4) is 0 Å². The summed E-state index contributed by atoms with van der Waals surface area (Å²) in [6.45, 7) is 2.60. The maximum Gasteiger partial charge on any atom is 0.327 e. The van der Waals surface area contributed by atoms with Gasteiger partial charge in [0.15, 0.2) is 0 Å². The van der Waals surface area contributed by atoms with E-state index in [1.54, 1.807) is 0 Å². The largest absolute Gasteiger partial charge is 0.328 e. The quantitative estimate of drug-likeness (QED) is 0.467. The molecule has 0 aliphatic heterocycles. The molecule has 0 aliphatic carbocycles. The SMILES string of the molecule is CCCCCCOP(O)O. The Balaban J connectivity index is 2.77. The second-order valence-corrected chi connectivity index (χ2v) is 2.91. The van der Waals surface area contributed by atoms with Crippen LogP contribution in [-0.4, -0.2) is 16.4 Å². The minimum absolute atomic E-state index is 0.471. The topological polar surface area (TPSA) is 49.7 Å². The normalized spacial score (nSPS) is 10.8. The molecule has 0 bridgehead atoms. The summed E-state index contributed by atoms with van der Waals surface area (Å²) in [5.74, 6) is 0. The first kappa shape index (κ1) is 10.3. The summed E-state index contributed by atoms with van der Waals surface area (Å²) in [5, 5.41) is 0. The summed E-state index contributed by atoms with van der Waals surface area (Å²) in [5.41, 5.74) is 0. The standard InChI is InChI=1S/C6H15O3P/c1-2-3-4-5-6-9-10(7)8/h7-8H,2-6H2,1H3. The minimum atomic E-state index is -2.12. The lowest BCUT2D eigenvalue weighted by Crippen LogP contribution is -1.88. The lowest BCUT2D eigenvalue weighted by atomic mass is 10.2. The van der Waals surface area contributed by atoms with Gasteiger partial charge in [-0.3, -0.25) is 0 Å². The van der Waals surface area contributed by atoms with Gasteiger partial charge in [0.25, 0.3) is 0 Å². The molecule has 62 valence electrons. The molecular weight excluding hydrogens is 151 g/mol. The predicted octanol–water partition coefficient (Wildman–Crippen LogP) is 1.79. The third-order valence-electron chi connectivity index (χ3n) is 1.20. The van der Waals surface area contributed by atoms with Crippen molar-refractivity contribution in [3.63, 3.8) is 0 Å². The van der Waals surface area contributed by atoms with Gasteiger partial charge in [0.1, 0.15) is 0 Å². The Morgan fingerprint density at radius 1 is 1.20 bits per heavy atom. The highest BCUT2D eigenvalue weighted by atomic mass is 31.2. The number of rotatable bonds is 6. The average molecular weight is 166 g/mol. The van der Waals surface area contributed by atoms with E-state index in [4.69, 9.17) is 9.79 Å². The molecule has 0 atom stereocenters. The van der Waals surface area contributed by atoms with Crippen LogP contribution in [0.25, 0.3) is 0 Å². The molecule has 2 N–H and O–H groups in total. The third kappa shape index (κ3) is 8.31. The Kier molecular flexibility index (Phi) is 7.65. The van der Waals surface area contributed by atoms with E-state index < -0.39 is 8.60 Å². The minimum Gasteiger partial charge on any atom is -0.328 e. The molecule has 0 rings (SSSR count). The summed E-state index contributed by atoms with van der Waals surface area (Å²) < 4.78 is 4.56. The summed E-state index contributed by atoms with van der Waals surface area (Å²) in [7, 11) is -2.12. The van der Waals surface area contributed by atoms with Crippen LogP contribution >= 0.6 is 8.60 Å². The average Bonchev–Trinajstić information content (AvgIpc) is 1.87. The molecule has 0 saturated carbocycles. The van der Waals surface area contributed by atoms with E-state index >= 15 is 0 Å². The van der Waals surface area contributed by atoms with Crippen molar-refractivity contribution in [2.75, 3.05) is 6.61 Å². The number of hydrogen-bond donors (Lipinski definition) is 2. The smallest absolute Gasteiger partial charge is 0.327 e. The van der Waals surface area contributed by atoms with Crippen LogP contribution in [0.2, 0.25) is 0 Å². The van der Waals surface area contributed by atoms with Crippen LogP contribution in [-0.2, 0) is 4.52 Å². The monoisotopic (exact) mass is 166 g/mol. The van der Waals surface area contributed by atoms with E-state index in [1.807, 2.05) is 0 Å². The van der Waals surface area contributed by atoms with E-state index in [9.17, 15) is 0 Å². The molecule has 0 fully saturated rings. The van der Waals surface area contributed by atoms with Crippen LogP contribution in [0.5, 0.6) is 0 Å². The van der Waals surface area contributed by atoms with Crippen molar-refractivity contribution in [2.24, 2.45) is 0 Å². The van der Waals surface area contributed by atoms with Gasteiger partial charge in [-0.05, 0) is 6.42 Å². The van der Waals surface area contributed by atoms with Crippen molar-refractivity contribution in [3.05, 3.63) is 0 Å². The highest BCUT2D eigenvalue weighted by Gasteiger charge is 1.96. The Morgan fingerprint density at radius 3 is 2.40 bits per heavy atom. The van der Waals surface area contributed by atoms with Gasteiger partial charge in [-0.2, -0.15) is 0 Å². The van der Waals surface area contributed by atoms with E-state index in [0.29, 0.717) is 6.61 Å². The molecule has 0 radical (unpaired) electrons. The first-order chi connectivity index (χ1) is 4.77. The van der Waals surface area contributed by atoms with E-state index in [0.717, 1.165) is 12.8 Å². The third-order valence-corrected chi connectivity index (χ3v) is 1.62. The Bertz CT molecular complexity index is 68.0. The second kappa shape index (κ2) is 7.42. The van der Waals surface area contributed by atoms with Crippen molar-refractivity contribution in [2.45, 2.75) is 32.6 Å². The number of hydrogen-bond acceptors (Lipinski definition) is 3. The van der Waals surface area contributed by atoms with E-state index in [1.165, 1.54) is 12.8 Å². The maximum atomic E-state index is 8.31. The first-order valence-electron chi connectivity index (χ1n) is 3.58. The zero-order valence-electron chi connectivity index (χ0n) is 6.29. The van der Waals surface area contributed by atoms with Crippen molar-refractivity contribution in [3.8, 4) is 0 Å². The lowest BCUT2D eigenvalue weighted by Gasteiger charge is -2.01. The Hall–Kier alpha value is 0.310. The van der Waals surface area contributed by atoms with E-state index in [2.05, 4.69) is 11.4 Å². The Morgan fingerprint density at radius 2 is 1.90 bits per heavy atom. The first-order valence-corrected chi connectivity index (χ1v) is 4.74. The van der Waals surface area contributed by atoms with Crippen LogP contribution in [0.4, 0.5) is 0 Å². The highest BCUT2D eigenvalue weighted by molar-refractivity contribution is 7.39. The zero-order valence-corrected chi connectivity index (χ0v) is 7.18. The molecule has 10 heavy (non-hydrogen) atoms. The molecule has 0 unspecified atom stereocenters. The van der Waals surface area contributed by atoms with Gasteiger partial charge in [0, 0.05) is 0 Å². The molecule has 4 heteroatoms. The molecule has 3 nitrogen and oxygen atoms in total. The van der Waals surface area contributed by atoms with Crippen molar-refractivity contribution >= 4 is 8.60 Å². The van der Waals surface area contributed by atoms with Gasteiger partial charge >= 0.3 is 8.60 Å². The van der Waals surface area contributed by atoms with Crippen molar-refractivity contribution in [1.82, 2.24) is 0 Å². The van der Waals surface area contributed by atoms with Gasteiger partial charge in [-0.1, -0.05) is 26.2 Å². The summed E-state index contributed by atoms with van der Waals surface area (Å²) in [4.78, 5) is 16.6. The van der Waals surface area contributed by atoms with Crippen LogP contribution in [0, 0.1) is 0 Å². The molecule has 0 aliphatic rings. The molecular formula is C6H15O3P. The van der Waals surface area contributed by atoms with Crippen LogP contribution < -0.4 is 0 Å². The summed E-state index contributed by atoms with van der Waals surface area (Å²) in [6, 6.07) is 0. The fourth-order valence-electron chi connectivity index (χ4n) is 0.675. The second-order valence-electron chi connectivity index (χ2n) is 2.15. The van der Waals surface area contributed by atoms with Gasteiger partial charge in [-0.25, -0.2) is 0 Å². The molecule has 0 spiro atoms. The van der Waals surface area contributed by atoms with Gasteiger partial charge < -0.3 is 14.3 Å². The van der Waals surface area contributed by atoms with Gasteiger partial charge in [0.2, 0.25) is 0 Å². The summed E-state index contributed by atoms with van der Waals surface area (Å²) in [6.07, 6.45) is 4.42. The molecule has 0 aromatic carbocycles. The van der Waals surface area contributed by atoms with Crippen LogP contribution in [0.15, 0.2) is 0 Å². The number of unbranched alkanes of at least 4 members (excludes halogenated alkanes) is 3. The highest BCUT2D eigenvalue weighted by Crippen LogP contribution is 2.24. The van der Waals surface area contributed by atoms with Crippen molar-refractivity contribution in [1.29, 1.82) is 0 Å². The molecule has 0 heterocycles. The van der Waals surface area contributed by atoms with Gasteiger partial charge in [-0.15, -0.1) is 0 Å². The predicted molar refractivity (Wildman–Crippen MR) is 41.5 cm³/mol. The van der Waals surface area contributed by atoms with E-state index in [-0.39, 0.29) is 0 Å². The van der Waals surface area contributed by atoms with Crippen LogP contribution in [0.1, 0.15) is 32.6 Å². The lowest BCUT2D eigenvalue weighted by molar-refractivity contribution is 0.249. The fourth-order valence-corrected chi connectivity index (χ4v) is 0.967.